The van der Waals surface area contributed by atoms with Crippen molar-refractivity contribution in [1.29, 1.82) is 0 Å². The standard InChI is InChI=1S/C18H13F3N2O/c1-11-3-2-4-12(7-11)10-23-17(24)6-5-16(22-23)13-8-14(19)18(21)15(20)9-13/h2-9H,10H2,1H3. The molecule has 0 saturated carbocycles. The zero-order valence-electron chi connectivity index (χ0n) is 12.8. The highest BCUT2D eigenvalue weighted by Crippen LogP contribution is 2.21. The fourth-order valence-corrected chi connectivity index (χ4v) is 2.40. The average molecular weight is 330 g/mol. The summed E-state index contributed by atoms with van der Waals surface area (Å²) in [5.41, 5.74) is 1.81. The van der Waals surface area contributed by atoms with Crippen molar-refractivity contribution in [3.63, 3.8) is 0 Å². The summed E-state index contributed by atoms with van der Waals surface area (Å²) in [5, 5.41) is 4.13. The van der Waals surface area contributed by atoms with Gasteiger partial charge < -0.3 is 0 Å². The third kappa shape index (κ3) is 3.22. The molecule has 2 aromatic carbocycles. The van der Waals surface area contributed by atoms with E-state index in [1.165, 1.54) is 16.8 Å². The molecule has 0 amide bonds. The van der Waals surface area contributed by atoms with E-state index in [2.05, 4.69) is 5.10 Å². The maximum atomic E-state index is 13.4. The van der Waals surface area contributed by atoms with E-state index in [0.717, 1.165) is 23.3 Å². The minimum Gasteiger partial charge on any atom is -0.268 e. The lowest BCUT2D eigenvalue weighted by atomic mass is 10.1. The van der Waals surface area contributed by atoms with Gasteiger partial charge in [-0.25, -0.2) is 17.9 Å². The molecule has 24 heavy (non-hydrogen) atoms. The van der Waals surface area contributed by atoms with E-state index in [0.29, 0.717) is 0 Å². The van der Waals surface area contributed by atoms with Gasteiger partial charge >= 0.3 is 0 Å². The van der Waals surface area contributed by atoms with E-state index in [-0.39, 0.29) is 23.4 Å². The Morgan fingerprint density at radius 3 is 2.38 bits per heavy atom. The summed E-state index contributed by atoms with van der Waals surface area (Å²) in [5.74, 6) is -4.14. The highest BCUT2D eigenvalue weighted by atomic mass is 19.2. The van der Waals surface area contributed by atoms with E-state index < -0.39 is 17.5 Å². The van der Waals surface area contributed by atoms with E-state index in [1.54, 1.807) is 0 Å². The third-order valence-corrected chi connectivity index (χ3v) is 3.56. The smallest absolute Gasteiger partial charge is 0.267 e. The lowest BCUT2D eigenvalue weighted by Crippen LogP contribution is -2.22. The number of rotatable bonds is 3. The molecule has 0 bridgehead atoms. The lowest BCUT2D eigenvalue weighted by Gasteiger charge is -2.08. The minimum atomic E-state index is -1.54. The molecule has 0 saturated heterocycles. The quantitative estimate of drug-likeness (QED) is 0.687. The van der Waals surface area contributed by atoms with Crippen molar-refractivity contribution in [1.82, 2.24) is 9.78 Å². The Kier molecular flexibility index (Phi) is 4.20. The molecule has 3 rings (SSSR count). The van der Waals surface area contributed by atoms with Crippen LogP contribution in [0, 0.1) is 24.4 Å². The van der Waals surface area contributed by atoms with Gasteiger partial charge in [-0.1, -0.05) is 29.8 Å². The number of hydrogen-bond donors (Lipinski definition) is 0. The van der Waals surface area contributed by atoms with Crippen molar-refractivity contribution in [2.45, 2.75) is 13.5 Å². The fraction of sp³-hybridized carbons (Fsp3) is 0.111. The maximum absolute atomic E-state index is 13.4. The first-order valence-corrected chi connectivity index (χ1v) is 7.22. The molecule has 0 fully saturated rings. The van der Waals surface area contributed by atoms with Crippen LogP contribution in [0.1, 0.15) is 11.1 Å². The molecule has 0 N–H and O–H groups in total. The van der Waals surface area contributed by atoms with Gasteiger partial charge in [-0.2, -0.15) is 5.10 Å². The van der Waals surface area contributed by atoms with Crippen molar-refractivity contribution >= 4 is 0 Å². The predicted octanol–water partition coefficient (Wildman–Crippen LogP) is 3.68. The van der Waals surface area contributed by atoms with Crippen LogP contribution >= 0.6 is 0 Å². The van der Waals surface area contributed by atoms with Crippen LogP contribution in [0.15, 0.2) is 53.3 Å². The van der Waals surface area contributed by atoms with Gasteiger partial charge in [0.2, 0.25) is 0 Å². The second-order valence-corrected chi connectivity index (χ2v) is 5.46. The third-order valence-electron chi connectivity index (χ3n) is 3.56. The van der Waals surface area contributed by atoms with Crippen LogP contribution in [0.3, 0.4) is 0 Å². The normalized spacial score (nSPS) is 10.8. The van der Waals surface area contributed by atoms with E-state index in [1.807, 2.05) is 31.2 Å². The van der Waals surface area contributed by atoms with Crippen molar-refractivity contribution in [3.8, 4) is 11.3 Å². The van der Waals surface area contributed by atoms with Crippen molar-refractivity contribution in [2.24, 2.45) is 0 Å². The fourth-order valence-electron chi connectivity index (χ4n) is 2.40. The molecule has 1 heterocycles. The van der Waals surface area contributed by atoms with Crippen LogP contribution in [0.5, 0.6) is 0 Å². The van der Waals surface area contributed by atoms with Gasteiger partial charge in [0.25, 0.3) is 5.56 Å². The molecule has 0 atom stereocenters. The average Bonchev–Trinajstić information content (AvgIpc) is 2.54. The summed E-state index contributed by atoms with van der Waals surface area (Å²) in [6, 6.07) is 11.9. The Balaban J connectivity index is 2.02. The van der Waals surface area contributed by atoms with Crippen LogP contribution in [-0.4, -0.2) is 9.78 Å². The van der Waals surface area contributed by atoms with Gasteiger partial charge in [0.15, 0.2) is 17.5 Å². The Labute approximate surface area is 136 Å². The highest BCUT2D eigenvalue weighted by Gasteiger charge is 2.13. The second kappa shape index (κ2) is 6.31. The summed E-state index contributed by atoms with van der Waals surface area (Å²) in [7, 11) is 0. The molecular weight excluding hydrogens is 317 g/mol. The molecule has 1 aromatic heterocycles. The first-order valence-electron chi connectivity index (χ1n) is 7.22. The van der Waals surface area contributed by atoms with E-state index in [4.69, 9.17) is 0 Å². The Morgan fingerprint density at radius 1 is 1.00 bits per heavy atom. The Bertz CT molecular complexity index is 943. The van der Waals surface area contributed by atoms with Gasteiger partial charge in [0.05, 0.1) is 12.2 Å². The summed E-state index contributed by atoms with van der Waals surface area (Å²) in [6.45, 7) is 2.15. The largest absolute Gasteiger partial charge is 0.268 e. The number of benzene rings is 2. The molecule has 0 radical (unpaired) electrons. The van der Waals surface area contributed by atoms with Gasteiger partial charge in [0.1, 0.15) is 0 Å². The van der Waals surface area contributed by atoms with Gasteiger partial charge in [-0.15, -0.1) is 0 Å². The molecule has 122 valence electrons. The first-order chi connectivity index (χ1) is 11.4. The summed E-state index contributed by atoms with van der Waals surface area (Å²) >= 11 is 0. The van der Waals surface area contributed by atoms with Crippen LogP contribution in [0.2, 0.25) is 0 Å². The van der Waals surface area contributed by atoms with Gasteiger partial charge in [-0.3, -0.25) is 4.79 Å². The molecule has 6 heteroatoms. The zero-order chi connectivity index (χ0) is 17.3. The lowest BCUT2D eigenvalue weighted by molar-refractivity contribution is 0.447. The van der Waals surface area contributed by atoms with Gasteiger partial charge in [0, 0.05) is 11.6 Å². The highest BCUT2D eigenvalue weighted by molar-refractivity contribution is 5.58. The summed E-state index contributed by atoms with van der Waals surface area (Å²) < 4.78 is 41.0. The molecular formula is C18H13F3N2O. The molecule has 0 aliphatic carbocycles. The SMILES string of the molecule is Cc1cccc(Cn2nc(-c3cc(F)c(F)c(F)c3)ccc2=O)c1. The van der Waals surface area contributed by atoms with Crippen molar-refractivity contribution in [2.75, 3.05) is 0 Å². The van der Waals surface area contributed by atoms with Crippen molar-refractivity contribution < 1.29 is 13.2 Å². The molecule has 3 nitrogen and oxygen atoms in total. The number of nitrogens with zero attached hydrogens (tertiary/aromatic N) is 2. The zero-order valence-corrected chi connectivity index (χ0v) is 12.8. The van der Waals surface area contributed by atoms with Crippen LogP contribution in [0.4, 0.5) is 13.2 Å². The molecule has 0 unspecified atom stereocenters. The predicted molar refractivity (Wildman–Crippen MR) is 84.1 cm³/mol. The second-order valence-electron chi connectivity index (χ2n) is 5.46. The molecule has 0 spiro atoms. The van der Waals surface area contributed by atoms with Crippen molar-refractivity contribution in [3.05, 3.63) is 87.5 Å². The Hall–Kier alpha value is -2.89. The summed E-state index contributed by atoms with van der Waals surface area (Å²) in [6.07, 6.45) is 0. The van der Waals surface area contributed by atoms with Crippen LogP contribution in [-0.2, 0) is 6.54 Å². The topological polar surface area (TPSA) is 34.9 Å². The maximum Gasteiger partial charge on any atom is 0.267 e. The molecule has 0 aliphatic rings. The van der Waals surface area contributed by atoms with E-state index >= 15 is 0 Å². The number of aromatic nitrogens is 2. The molecule has 0 aliphatic heterocycles. The molecule has 3 aromatic rings. The summed E-state index contributed by atoms with van der Waals surface area (Å²) in [4.78, 5) is 12.0. The van der Waals surface area contributed by atoms with Crippen LogP contribution in [0.25, 0.3) is 11.3 Å². The number of aryl methyl sites for hydroxylation is 1. The van der Waals surface area contributed by atoms with Crippen LogP contribution < -0.4 is 5.56 Å². The minimum absolute atomic E-state index is 0.0596. The van der Waals surface area contributed by atoms with E-state index in [9.17, 15) is 18.0 Å². The number of halogens is 3. The number of hydrogen-bond acceptors (Lipinski definition) is 2. The monoisotopic (exact) mass is 330 g/mol. The Morgan fingerprint density at radius 2 is 1.71 bits per heavy atom. The first kappa shape index (κ1) is 16.0. The van der Waals surface area contributed by atoms with Gasteiger partial charge in [-0.05, 0) is 30.7 Å².